The van der Waals surface area contributed by atoms with Crippen LogP contribution in [0, 0.1) is 5.92 Å². The Morgan fingerprint density at radius 2 is 2.18 bits per heavy atom. The van der Waals surface area contributed by atoms with E-state index >= 15 is 0 Å². The minimum absolute atomic E-state index is 0.0114. The molecule has 2 N–H and O–H groups in total. The molecule has 1 aromatic carbocycles. The number of phenolic OH excluding ortho intramolecular Hbond substituents is 1. The first-order valence-electron chi connectivity index (χ1n) is 7.69. The minimum Gasteiger partial charge on any atom is -0.504 e. The van der Waals surface area contributed by atoms with Gasteiger partial charge < -0.3 is 14.9 Å². The fraction of sp³-hybridized carbons (Fsp3) is 0.471. The number of Topliss-reactive ketones (excluding diaryl/α,β-unsaturated/α-hetero) is 1. The van der Waals surface area contributed by atoms with Gasteiger partial charge in [-0.05, 0) is 32.1 Å². The summed E-state index contributed by atoms with van der Waals surface area (Å²) >= 11 is 0. The van der Waals surface area contributed by atoms with Crippen molar-refractivity contribution < 1.29 is 19.7 Å². The third-order valence-electron chi connectivity index (χ3n) is 6.00. The number of nitrogens with zero attached hydrogens (tertiary/aromatic N) is 1. The molecular formula is C17H17NO4. The van der Waals surface area contributed by atoms with E-state index < -0.39 is 17.6 Å². The molecule has 0 saturated carbocycles. The van der Waals surface area contributed by atoms with Gasteiger partial charge in [-0.3, -0.25) is 9.69 Å². The van der Waals surface area contributed by atoms with Crippen LogP contribution < -0.4 is 4.74 Å². The summed E-state index contributed by atoms with van der Waals surface area (Å²) in [7, 11) is 1.98. The van der Waals surface area contributed by atoms with Crippen LogP contribution in [0.25, 0.3) is 0 Å². The van der Waals surface area contributed by atoms with Crippen molar-refractivity contribution >= 4 is 5.78 Å². The van der Waals surface area contributed by atoms with E-state index in [0.29, 0.717) is 11.3 Å². The van der Waals surface area contributed by atoms with Crippen molar-refractivity contribution in [3.63, 3.8) is 0 Å². The lowest BCUT2D eigenvalue weighted by atomic mass is 9.53. The minimum atomic E-state index is -0.715. The molecule has 2 aliphatic carbocycles. The van der Waals surface area contributed by atoms with Crippen molar-refractivity contribution in [2.24, 2.45) is 5.92 Å². The standard InChI is InChI=1S/C17H17NO4/c1-18-7-6-17-9-3-5-11(20)16(17)22-15-10(19)4-2-8(12(15)17)14(21)13(9)18/h2-5,9,11,13,16,19-20H,6-7H2,1H3/t9-,11-,13+,16-,17-/m1/s1. The van der Waals surface area contributed by atoms with Gasteiger partial charge in [0.05, 0.1) is 6.04 Å². The summed E-state index contributed by atoms with van der Waals surface area (Å²) in [6, 6.07) is 3.01. The average molecular weight is 299 g/mol. The number of aliphatic hydroxyl groups is 1. The number of hydrogen-bond acceptors (Lipinski definition) is 5. The van der Waals surface area contributed by atoms with Crippen molar-refractivity contribution in [2.75, 3.05) is 13.6 Å². The molecule has 5 nitrogen and oxygen atoms in total. The SMILES string of the molecule is CN1CC[C@@]23c4c5ccc(O)c4O[C@@H]2[C@H](O)C=C[C@@H]3[C@H]1C5=O. The van der Waals surface area contributed by atoms with Gasteiger partial charge in [0.25, 0.3) is 0 Å². The maximum atomic E-state index is 13.0. The Morgan fingerprint density at radius 1 is 1.36 bits per heavy atom. The van der Waals surface area contributed by atoms with Gasteiger partial charge in [-0.2, -0.15) is 0 Å². The highest BCUT2D eigenvalue weighted by Crippen LogP contribution is 2.62. The number of likely N-dealkylation sites (N-methyl/N-ethyl adjacent to an activating group) is 1. The number of aromatic hydroxyl groups is 1. The van der Waals surface area contributed by atoms with Crippen molar-refractivity contribution in [2.45, 2.75) is 30.1 Å². The zero-order chi connectivity index (χ0) is 15.2. The van der Waals surface area contributed by atoms with Crippen LogP contribution in [0.15, 0.2) is 24.3 Å². The van der Waals surface area contributed by atoms with Crippen molar-refractivity contribution in [1.82, 2.24) is 4.90 Å². The van der Waals surface area contributed by atoms with Crippen LogP contribution in [-0.2, 0) is 5.41 Å². The van der Waals surface area contributed by atoms with Gasteiger partial charge in [0.15, 0.2) is 17.3 Å². The molecule has 0 aromatic heterocycles. The third kappa shape index (κ3) is 1.15. The number of ether oxygens (including phenoxy) is 1. The molecule has 2 aliphatic heterocycles. The molecular weight excluding hydrogens is 282 g/mol. The number of aliphatic hydroxyl groups excluding tert-OH is 1. The van der Waals surface area contributed by atoms with Crippen LogP contribution in [0.3, 0.4) is 0 Å². The molecule has 0 unspecified atom stereocenters. The molecule has 1 fully saturated rings. The first kappa shape index (κ1) is 12.7. The molecule has 4 aliphatic rings. The van der Waals surface area contributed by atoms with E-state index in [0.717, 1.165) is 18.5 Å². The lowest BCUT2D eigenvalue weighted by Crippen LogP contribution is -2.66. The molecule has 2 heterocycles. The molecule has 5 atom stereocenters. The number of phenols is 1. The quantitative estimate of drug-likeness (QED) is 0.695. The van der Waals surface area contributed by atoms with Crippen LogP contribution in [0.4, 0.5) is 0 Å². The van der Waals surface area contributed by atoms with Crippen molar-refractivity contribution in [3.8, 4) is 11.5 Å². The van der Waals surface area contributed by atoms with E-state index in [1.165, 1.54) is 6.07 Å². The predicted octanol–water partition coefficient (Wildman–Crippen LogP) is 0.838. The summed E-state index contributed by atoms with van der Waals surface area (Å²) in [5, 5.41) is 20.6. The molecule has 1 aromatic rings. The molecule has 1 spiro atoms. The van der Waals surface area contributed by atoms with Crippen LogP contribution in [0.2, 0.25) is 0 Å². The second-order valence-electron chi connectivity index (χ2n) is 6.86. The van der Waals surface area contributed by atoms with Gasteiger partial charge in [-0.15, -0.1) is 0 Å². The second kappa shape index (κ2) is 3.73. The van der Waals surface area contributed by atoms with Gasteiger partial charge >= 0.3 is 0 Å². The molecule has 1 saturated heterocycles. The van der Waals surface area contributed by atoms with Gasteiger partial charge in [0, 0.05) is 22.5 Å². The van der Waals surface area contributed by atoms with Crippen LogP contribution in [-0.4, -0.2) is 52.7 Å². The Balaban J connectivity index is 1.89. The smallest absolute Gasteiger partial charge is 0.181 e. The molecule has 2 bridgehead atoms. The van der Waals surface area contributed by atoms with Crippen molar-refractivity contribution in [1.29, 1.82) is 0 Å². The van der Waals surface area contributed by atoms with Crippen LogP contribution in [0.1, 0.15) is 22.3 Å². The molecule has 0 amide bonds. The van der Waals surface area contributed by atoms with E-state index in [9.17, 15) is 15.0 Å². The Kier molecular flexibility index (Phi) is 2.15. The fourth-order valence-corrected chi connectivity index (χ4v) is 5.09. The summed E-state index contributed by atoms with van der Waals surface area (Å²) in [5.41, 5.74) is 1.06. The number of likely N-dealkylation sites (tertiary alicyclic amines) is 1. The maximum Gasteiger partial charge on any atom is 0.181 e. The molecule has 114 valence electrons. The van der Waals surface area contributed by atoms with Crippen LogP contribution in [0.5, 0.6) is 11.5 Å². The number of carbonyl (C=O) groups is 1. The highest BCUT2D eigenvalue weighted by molar-refractivity contribution is 6.05. The monoisotopic (exact) mass is 299 g/mol. The first-order valence-corrected chi connectivity index (χ1v) is 7.69. The third-order valence-corrected chi connectivity index (χ3v) is 6.00. The lowest BCUT2D eigenvalue weighted by Gasteiger charge is -2.55. The van der Waals surface area contributed by atoms with Crippen molar-refractivity contribution in [3.05, 3.63) is 35.4 Å². The average Bonchev–Trinajstić information content (AvgIpc) is 2.85. The summed E-state index contributed by atoms with van der Waals surface area (Å²) < 4.78 is 5.98. The highest BCUT2D eigenvalue weighted by atomic mass is 16.5. The number of ketones is 1. The Bertz CT molecular complexity index is 742. The number of piperidine rings is 1. The summed E-state index contributed by atoms with van der Waals surface area (Å²) in [4.78, 5) is 15.1. The Hall–Kier alpha value is -1.85. The number of carbonyl (C=O) groups excluding carboxylic acids is 1. The summed E-state index contributed by atoms with van der Waals surface area (Å²) in [5.74, 6) is 0.525. The summed E-state index contributed by atoms with van der Waals surface area (Å²) in [6.45, 7) is 0.780. The number of hydrogen-bond donors (Lipinski definition) is 2. The van der Waals surface area contributed by atoms with Gasteiger partial charge in [-0.1, -0.05) is 12.2 Å². The normalized spacial score (nSPS) is 41.3. The van der Waals surface area contributed by atoms with E-state index in [1.807, 2.05) is 13.1 Å². The number of benzene rings is 1. The van der Waals surface area contributed by atoms with E-state index in [4.69, 9.17) is 4.74 Å². The molecule has 22 heavy (non-hydrogen) atoms. The largest absolute Gasteiger partial charge is 0.504 e. The second-order valence-corrected chi connectivity index (χ2v) is 6.86. The van der Waals surface area contributed by atoms with E-state index in [2.05, 4.69) is 4.90 Å². The first-order chi connectivity index (χ1) is 10.6. The molecule has 5 heteroatoms. The topological polar surface area (TPSA) is 70.0 Å². The molecule has 5 rings (SSSR count). The number of rotatable bonds is 0. The van der Waals surface area contributed by atoms with Gasteiger partial charge in [0.2, 0.25) is 0 Å². The van der Waals surface area contributed by atoms with Crippen LogP contribution >= 0.6 is 0 Å². The Labute approximate surface area is 127 Å². The highest BCUT2D eigenvalue weighted by Gasteiger charge is 2.66. The van der Waals surface area contributed by atoms with E-state index in [1.54, 1.807) is 12.1 Å². The lowest BCUT2D eigenvalue weighted by molar-refractivity contribution is -0.0386. The Morgan fingerprint density at radius 3 is 3.00 bits per heavy atom. The zero-order valence-corrected chi connectivity index (χ0v) is 12.2. The summed E-state index contributed by atoms with van der Waals surface area (Å²) in [6.07, 6.45) is 3.39. The van der Waals surface area contributed by atoms with Gasteiger partial charge in [-0.25, -0.2) is 0 Å². The molecule has 0 radical (unpaired) electrons. The van der Waals surface area contributed by atoms with Gasteiger partial charge in [0.1, 0.15) is 12.2 Å². The predicted molar refractivity (Wildman–Crippen MR) is 78.2 cm³/mol. The zero-order valence-electron chi connectivity index (χ0n) is 12.2. The van der Waals surface area contributed by atoms with E-state index in [-0.39, 0.29) is 23.5 Å². The maximum absolute atomic E-state index is 13.0. The fourth-order valence-electron chi connectivity index (χ4n) is 5.09.